The van der Waals surface area contributed by atoms with Gasteiger partial charge in [-0.3, -0.25) is 0 Å². The van der Waals surface area contributed by atoms with Crippen molar-refractivity contribution in [3.63, 3.8) is 0 Å². The third-order valence-electron chi connectivity index (χ3n) is 5.16. The first kappa shape index (κ1) is 19.5. The number of halogens is 1. The van der Waals surface area contributed by atoms with Crippen molar-refractivity contribution in [3.05, 3.63) is 29.3 Å². The van der Waals surface area contributed by atoms with Gasteiger partial charge in [-0.2, -0.15) is 0 Å². The predicted octanol–water partition coefficient (Wildman–Crippen LogP) is 3.13. The first-order chi connectivity index (χ1) is 12.4. The van der Waals surface area contributed by atoms with Gasteiger partial charge in [0.05, 0.1) is 4.90 Å². The quantitative estimate of drug-likeness (QED) is 0.816. The number of hydrogen-bond donors (Lipinski definition) is 2. The maximum Gasteiger partial charge on any atom is 0.317 e. The van der Waals surface area contributed by atoms with E-state index in [2.05, 4.69) is 10.0 Å². The van der Waals surface area contributed by atoms with Gasteiger partial charge in [0.2, 0.25) is 10.0 Å². The lowest BCUT2D eigenvalue weighted by Crippen LogP contribution is -2.51. The Morgan fingerprint density at radius 1 is 0.962 bits per heavy atom. The van der Waals surface area contributed by atoms with Gasteiger partial charge in [0.1, 0.15) is 0 Å². The lowest BCUT2D eigenvalue weighted by Gasteiger charge is -2.34. The molecule has 0 bridgehead atoms. The number of piperidine rings is 1. The fraction of sp³-hybridized carbons (Fsp3) is 0.611. The van der Waals surface area contributed by atoms with Gasteiger partial charge >= 0.3 is 6.03 Å². The summed E-state index contributed by atoms with van der Waals surface area (Å²) in [4.78, 5) is 14.4. The van der Waals surface area contributed by atoms with Crippen molar-refractivity contribution in [1.82, 2.24) is 14.9 Å². The standard InChI is InChI=1S/C18H26ClN3O3S/c19-14-6-8-17(9-7-14)26(24,25)21-16-10-12-22(13-11-16)18(23)20-15-4-2-1-3-5-15/h6-9,15-16,21H,1-5,10-13H2,(H,20,23). The number of urea groups is 1. The molecule has 8 heteroatoms. The van der Waals surface area contributed by atoms with Gasteiger partial charge in [-0.1, -0.05) is 30.9 Å². The molecule has 2 fully saturated rings. The topological polar surface area (TPSA) is 78.5 Å². The number of hydrogen-bond acceptors (Lipinski definition) is 3. The number of carbonyl (C=O) groups excluding carboxylic acids is 1. The van der Waals surface area contributed by atoms with Crippen LogP contribution < -0.4 is 10.0 Å². The Hall–Kier alpha value is -1.31. The number of nitrogens with one attached hydrogen (secondary N) is 2. The summed E-state index contributed by atoms with van der Waals surface area (Å²) in [5.74, 6) is 0. The Labute approximate surface area is 160 Å². The normalized spacial score (nSPS) is 20.1. The fourth-order valence-electron chi connectivity index (χ4n) is 3.61. The molecule has 0 spiro atoms. The van der Waals surface area contributed by atoms with Crippen molar-refractivity contribution >= 4 is 27.7 Å². The molecule has 0 aromatic heterocycles. The van der Waals surface area contributed by atoms with E-state index in [0.29, 0.717) is 31.0 Å². The highest BCUT2D eigenvalue weighted by atomic mass is 35.5. The van der Waals surface area contributed by atoms with E-state index in [1.165, 1.54) is 31.4 Å². The summed E-state index contributed by atoms with van der Waals surface area (Å²) in [6.07, 6.45) is 6.96. The molecule has 2 N–H and O–H groups in total. The minimum absolute atomic E-state index is 0.0177. The second kappa shape index (κ2) is 8.59. The Bertz CT molecular complexity index is 710. The van der Waals surface area contributed by atoms with Crippen molar-refractivity contribution < 1.29 is 13.2 Å². The van der Waals surface area contributed by atoms with E-state index in [4.69, 9.17) is 11.6 Å². The second-order valence-electron chi connectivity index (χ2n) is 7.12. The number of amides is 2. The third-order valence-corrected chi connectivity index (χ3v) is 6.95. The summed E-state index contributed by atoms with van der Waals surface area (Å²) in [5.41, 5.74) is 0. The van der Waals surface area contributed by atoms with E-state index < -0.39 is 10.0 Å². The lowest BCUT2D eigenvalue weighted by molar-refractivity contribution is 0.173. The number of rotatable bonds is 4. The number of sulfonamides is 1. The van der Waals surface area contributed by atoms with Crippen LogP contribution in [0.2, 0.25) is 5.02 Å². The van der Waals surface area contributed by atoms with Crippen LogP contribution in [0.4, 0.5) is 4.79 Å². The SMILES string of the molecule is O=C(NC1CCCCC1)N1CCC(NS(=O)(=O)c2ccc(Cl)cc2)CC1. The van der Waals surface area contributed by atoms with Crippen molar-refractivity contribution in [2.75, 3.05) is 13.1 Å². The zero-order valence-corrected chi connectivity index (χ0v) is 16.4. The highest BCUT2D eigenvalue weighted by molar-refractivity contribution is 7.89. The van der Waals surface area contributed by atoms with Crippen LogP contribution in [0.15, 0.2) is 29.2 Å². The summed E-state index contributed by atoms with van der Waals surface area (Å²) >= 11 is 5.81. The highest BCUT2D eigenvalue weighted by Gasteiger charge is 2.27. The summed E-state index contributed by atoms with van der Waals surface area (Å²) < 4.78 is 27.6. The van der Waals surface area contributed by atoms with Gasteiger partial charge in [-0.25, -0.2) is 17.9 Å². The van der Waals surface area contributed by atoms with Gasteiger partial charge in [0, 0.05) is 30.2 Å². The van der Waals surface area contributed by atoms with Crippen molar-refractivity contribution in [2.24, 2.45) is 0 Å². The molecule has 2 amide bonds. The summed E-state index contributed by atoms with van der Waals surface area (Å²) in [6.45, 7) is 1.12. The molecule has 1 aliphatic heterocycles. The van der Waals surface area contributed by atoms with Crippen LogP contribution in [-0.4, -0.2) is 44.5 Å². The molecule has 0 atom stereocenters. The molecule has 1 aliphatic carbocycles. The lowest BCUT2D eigenvalue weighted by atomic mass is 9.95. The molecular weight excluding hydrogens is 374 g/mol. The van der Waals surface area contributed by atoms with Crippen LogP contribution >= 0.6 is 11.6 Å². The van der Waals surface area contributed by atoms with E-state index in [1.807, 2.05) is 0 Å². The molecule has 1 heterocycles. The maximum atomic E-state index is 12.4. The van der Waals surface area contributed by atoms with Gasteiger partial charge < -0.3 is 10.2 Å². The highest BCUT2D eigenvalue weighted by Crippen LogP contribution is 2.19. The molecule has 0 unspecified atom stereocenters. The molecular formula is C18H26ClN3O3S. The van der Waals surface area contributed by atoms with Crippen LogP contribution in [0.25, 0.3) is 0 Å². The minimum atomic E-state index is -3.56. The van der Waals surface area contributed by atoms with Crippen LogP contribution in [0, 0.1) is 0 Å². The molecule has 1 aromatic rings. The number of likely N-dealkylation sites (tertiary alicyclic amines) is 1. The van der Waals surface area contributed by atoms with Crippen molar-refractivity contribution in [1.29, 1.82) is 0 Å². The number of nitrogens with zero attached hydrogens (tertiary/aromatic N) is 1. The van der Waals surface area contributed by atoms with Gasteiger partial charge in [-0.05, 0) is 49.9 Å². The summed E-state index contributed by atoms with van der Waals surface area (Å²) in [7, 11) is -3.56. The first-order valence-electron chi connectivity index (χ1n) is 9.27. The van der Waals surface area contributed by atoms with Crippen LogP contribution in [0.1, 0.15) is 44.9 Å². The van der Waals surface area contributed by atoms with Gasteiger partial charge in [0.15, 0.2) is 0 Å². The number of benzene rings is 1. The van der Waals surface area contributed by atoms with E-state index in [1.54, 1.807) is 17.0 Å². The predicted molar refractivity (Wildman–Crippen MR) is 102 cm³/mol. The van der Waals surface area contributed by atoms with Crippen molar-refractivity contribution in [2.45, 2.75) is 61.9 Å². The average molecular weight is 400 g/mol. The molecule has 0 radical (unpaired) electrons. The Morgan fingerprint density at radius 3 is 2.19 bits per heavy atom. The molecule has 3 rings (SSSR count). The monoisotopic (exact) mass is 399 g/mol. The second-order valence-corrected chi connectivity index (χ2v) is 9.27. The summed E-state index contributed by atoms with van der Waals surface area (Å²) in [6, 6.07) is 6.24. The van der Waals surface area contributed by atoms with Crippen LogP contribution in [0.5, 0.6) is 0 Å². The number of carbonyl (C=O) groups is 1. The largest absolute Gasteiger partial charge is 0.335 e. The fourth-order valence-corrected chi connectivity index (χ4v) is 5.05. The van der Waals surface area contributed by atoms with Gasteiger partial charge in [0.25, 0.3) is 0 Å². The third kappa shape index (κ3) is 5.11. The summed E-state index contributed by atoms with van der Waals surface area (Å²) in [5, 5.41) is 3.62. The molecule has 2 aliphatic rings. The van der Waals surface area contributed by atoms with E-state index >= 15 is 0 Å². The van der Waals surface area contributed by atoms with E-state index in [0.717, 1.165) is 12.8 Å². The van der Waals surface area contributed by atoms with Crippen LogP contribution in [0.3, 0.4) is 0 Å². The Morgan fingerprint density at radius 2 is 1.58 bits per heavy atom. The average Bonchev–Trinajstić information content (AvgIpc) is 2.63. The minimum Gasteiger partial charge on any atom is -0.335 e. The molecule has 144 valence electrons. The smallest absolute Gasteiger partial charge is 0.317 e. The molecule has 1 saturated carbocycles. The van der Waals surface area contributed by atoms with Crippen LogP contribution in [-0.2, 0) is 10.0 Å². The zero-order chi connectivity index (χ0) is 18.6. The van der Waals surface area contributed by atoms with E-state index in [9.17, 15) is 13.2 Å². The molecule has 1 aromatic carbocycles. The van der Waals surface area contributed by atoms with Crippen molar-refractivity contribution in [3.8, 4) is 0 Å². The zero-order valence-electron chi connectivity index (χ0n) is 14.8. The Balaban J connectivity index is 1.48. The molecule has 6 nitrogen and oxygen atoms in total. The maximum absolute atomic E-state index is 12.4. The Kier molecular flexibility index (Phi) is 6.42. The molecule has 1 saturated heterocycles. The van der Waals surface area contributed by atoms with E-state index in [-0.39, 0.29) is 23.0 Å². The molecule has 26 heavy (non-hydrogen) atoms. The van der Waals surface area contributed by atoms with Gasteiger partial charge in [-0.15, -0.1) is 0 Å². The first-order valence-corrected chi connectivity index (χ1v) is 11.1.